The van der Waals surface area contributed by atoms with Crippen LogP contribution in [0.3, 0.4) is 0 Å². The maximum atomic E-state index is 8.84. The van der Waals surface area contributed by atoms with Gasteiger partial charge in [-0.2, -0.15) is 0 Å². The zero-order valence-electron chi connectivity index (χ0n) is 13.4. The van der Waals surface area contributed by atoms with Crippen LogP contribution in [-0.4, -0.2) is 53.7 Å². The molecule has 1 fully saturated rings. The minimum absolute atomic E-state index is 0.127. The highest BCUT2D eigenvalue weighted by Crippen LogP contribution is 2.21. The van der Waals surface area contributed by atoms with Crippen LogP contribution < -0.4 is 0 Å². The van der Waals surface area contributed by atoms with Crippen molar-refractivity contribution >= 4 is 0 Å². The summed E-state index contributed by atoms with van der Waals surface area (Å²) in [5, 5.41) is 8.84. The van der Waals surface area contributed by atoms with Crippen molar-refractivity contribution in [2.45, 2.75) is 32.4 Å². The van der Waals surface area contributed by atoms with Gasteiger partial charge in [-0.1, -0.05) is 30.0 Å². The lowest BCUT2D eigenvalue weighted by Gasteiger charge is -2.45. The van der Waals surface area contributed by atoms with E-state index in [4.69, 9.17) is 5.11 Å². The third kappa shape index (κ3) is 4.31. The highest BCUT2D eigenvalue weighted by molar-refractivity contribution is 5.41. The summed E-state index contributed by atoms with van der Waals surface area (Å²) in [6.07, 6.45) is 0.538. The summed E-state index contributed by atoms with van der Waals surface area (Å²) in [6, 6.07) is 8.34. The van der Waals surface area contributed by atoms with Crippen molar-refractivity contribution in [3.63, 3.8) is 0 Å². The lowest BCUT2D eigenvalue weighted by Crippen LogP contribution is -2.57. The molecule has 0 aromatic heterocycles. The fraction of sp³-hybridized carbons (Fsp3) is 0.556. The van der Waals surface area contributed by atoms with E-state index in [0.29, 0.717) is 6.42 Å². The van der Waals surface area contributed by atoms with E-state index in [2.05, 4.69) is 60.7 Å². The van der Waals surface area contributed by atoms with E-state index in [-0.39, 0.29) is 12.1 Å². The summed E-state index contributed by atoms with van der Waals surface area (Å²) < 4.78 is 0. The molecule has 0 aliphatic carbocycles. The molecule has 21 heavy (non-hydrogen) atoms. The second kappa shape index (κ2) is 7.09. The Kier molecular flexibility index (Phi) is 5.41. The second-order valence-corrected chi connectivity index (χ2v) is 6.38. The molecule has 0 unspecified atom stereocenters. The first-order chi connectivity index (χ1) is 10.0. The fourth-order valence-electron chi connectivity index (χ4n) is 2.71. The summed E-state index contributed by atoms with van der Waals surface area (Å²) >= 11 is 0. The predicted molar refractivity (Wildman–Crippen MR) is 87.0 cm³/mol. The summed E-state index contributed by atoms with van der Waals surface area (Å²) in [4.78, 5) is 4.93. The van der Waals surface area contributed by atoms with Crippen molar-refractivity contribution in [1.29, 1.82) is 0 Å². The van der Waals surface area contributed by atoms with Gasteiger partial charge in [0, 0.05) is 43.7 Å². The van der Waals surface area contributed by atoms with Gasteiger partial charge in [-0.25, -0.2) is 0 Å². The quantitative estimate of drug-likeness (QED) is 0.860. The molecule has 114 valence electrons. The van der Waals surface area contributed by atoms with Crippen LogP contribution in [0.15, 0.2) is 24.3 Å². The highest BCUT2D eigenvalue weighted by atomic mass is 16.2. The first kappa shape index (κ1) is 16.0. The number of piperazine rings is 1. The molecule has 2 rings (SSSR count). The topological polar surface area (TPSA) is 26.7 Å². The molecule has 3 heteroatoms. The molecule has 0 amide bonds. The van der Waals surface area contributed by atoms with Crippen molar-refractivity contribution in [2.24, 2.45) is 0 Å². The Balaban J connectivity index is 2.08. The third-order valence-corrected chi connectivity index (χ3v) is 4.27. The lowest BCUT2D eigenvalue weighted by atomic mass is 9.98. The number of benzene rings is 1. The Morgan fingerprint density at radius 2 is 2.00 bits per heavy atom. The van der Waals surface area contributed by atoms with Crippen LogP contribution in [0.2, 0.25) is 0 Å². The van der Waals surface area contributed by atoms with E-state index in [9.17, 15) is 0 Å². The van der Waals surface area contributed by atoms with Crippen LogP contribution >= 0.6 is 0 Å². The van der Waals surface area contributed by atoms with Crippen LogP contribution in [0.4, 0.5) is 0 Å². The van der Waals surface area contributed by atoms with Gasteiger partial charge in [-0.15, -0.1) is 0 Å². The zero-order valence-corrected chi connectivity index (χ0v) is 13.4. The van der Waals surface area contributed by atoms with Gasteiger partial charge in [0.25, 0.3) is 0 Å². The van der Waals surface area contributed by atoms with Crippen LogP contribution in [0.1, 0.15) is 31.4 Å². The molecule has 1 aromatic rings. The average Bonchev–Trinajstić information content (AvgIpc) is 2.45. The first-order valence-electron chi connectivity index (χ1n) is 7.64. The molecule has 1 saturated heterocycles. The highest BCUT2D eigenvalue weighted by Gasteiger charge is 2.30. The maximum absolute atomic E-state index is 8.84. The molecule has 3 nitrogen and oxygen atoms in total. The molecule has 0 radical (unpaired) electrons. The maximum Gasteiger partial charge on any atom is 0.0540 e. The van der Waals surface area contributed by atoms with E-state index in [1.807, 2.05) is 6.07 Å². The van der Waals surface area contributed by atoms with E-state index in [1.165, 1.54) is 5.56 Å². The molecule has 1 aliphatic rings. The Labute approximate surface area is 128 Å². The molecule has 1 aliphatic heterocycles. The van der Waals surface area contributed by atoms with Crippen LogP contribution in [-0.2, 0) is 6.54 Å². The smallest absolute Gasteiger partial charge is 0.0540 e. The van der Waals surface area contributed by atoms with Gasteiger partial charge in [-0.3, -0.25) is 9.80 Å². The third-order valence-electron chi connectivity index (χ3n) is 4.27. The molecule has 1 heterocycles. The van der Waals surface area contributed by atoms with Crippen molar-refractivity contribution < 1.29 is 5.11 Å². The standard InChI is InChI=1S/C18H26N2O/c1-18(2)15-20(12-11-19(18)3)14-17-10-5-4-8-16(17)9-6-7-13-21/h4-5,8,10,21H,7,11-15H2,1-3H3. The minimum atomic E-state index is 0.127. The van der Waals surface area contributed by atoms with E-state index < -0.39 is 0 Å². The zero-order chi connectivity index (χ0) is 15.3. The molecule has 0 spiro atoms. The SMILES string of the molecule is CN1CCN(Cc2ccccc2C#CCCO)CC1(C)C. The van der Waals surface area contributed by atoms with Gasteiger partial charge >= 0.3 is 0 Å². The molecular weight excluding hydrogens is 260 g/mol. The summed E-state index contributed by atoms with van der Waals surface area (Å²) in [5.41, 5.74) is 2.58. The van der Waals surface area contributed by atoms with E-state index in [0.717, 1.165) is 31.7 Å². The minimum Gasteiger partial charge on any atom is -0.395 e. The number of aliphatic hydroxyl groups is 1. The van der Waals surface area contributed by atoms with Gasteiger partial charge in [0.15, 0.2) is 0 Å². The molecule has 1 aromatic carbocycles. The van der Waals surface area contributed by atoms with Crippen molar-refractivity contribution in [3.05, 3.63) is 35.4 Å². The van der Waals surface area contributed by atoms with Crippen molar-refractivity contribution in [2.75, 3.05) is 33.3 Å². The van der Waals surface area contributed by atoms with Crippen LogP contribution in [0.25, 0.3) is 0 Å². The van der Waals surface area contributed by atoms with Crippen molar-refractivity contribution in [1.82, 2.24) is 9.80 Å². The van der Waals surface area contributed by atoms with Crippen LogP contribution in [0, 0.1) is 11.8 Å². The Hall–Kier alpha value is -1.34. The average molecular weight is 286 g/mol. The number of rotatable bonds is 3. The van der Waals surface area contributed by atoms with E-state index >= 15 is 0 Å². The monoisotopic (exact) mass is 286 g/mol. The Morgan fingerprint density at radius 1 is 1.24 bits per heavy atom. The van der Waals surface area contributed by atoms with Crippen molar-refractivity contribution in [3.8, 4) is 11.8 Å². The van der Waals surface area contributed by atoms with E-state index in [1.54, 1.807) is 0 Å². The predicted octanol–water partition coefficient (Wildman–Crippen LogP) is 1.95. The Bertz CT molecular complexity index is 528. The number of likely N-dealkylation sites (N-methyl/N-ethyl adjacent to an activating group) is 1. The van der Waals surface area contributed by atoms with Gasteiger partial charge in [0.2, 0.25) is 0 Å². The molecular formula is C18H26N2O. The molecule has 0 saturated carbocycles. The van der Waals surface area contributed by atoms with Gasteiger partial charge in [-0.05, 0) is 32.5 Å². The molecule has 0 atom stereocenters. The summed E-state index contributed by atoms with van der Waals surface area (Å²) in [6.45, 7) is 8.94. The summed E-state index contributed by atoms with van der Waals surface area (Å²) in [7, 11) is 2.20. The van der Waals surface area contributed by atoms with Crippen LogP contribution in [0.5, 0.6) is 0 Å². The summed E-state index contributed by atoms with van der Waals surface area (Å²) in [5.74, 6) is 6.21. The first-order valence-corrected chi connectivity index (χ1v) is 7.64. The fourth-order valence-corrected chi connectivity index (χ4v) is 2.71. The largest absolute Gasteiger partial charge is 0.395 e. The number of hydrogen-bond acceptors (Lipinski definition) is 3. The second-order valence-electron chi connectivity index (χ2n) is 6.38. The molecule has 0 bridgehead atoms. The Morgan fingerprint density at radius 3 is 2.71 bits per heavy atom. The number of hydrogen-bond donors (Lipinski definition) is 1. The van der Waals surface area contributed by atoms with Gasteiger partial charge < -0.3 is 5.11 Å². The molecule has 1 N–H and O–H groups in total. The van der Waals surface area contributed by atoms with Gasteiger partial charge in [0.1, 0.15) is 0 Å². The number of nitrogens with zero attached hydrogens (tertiary/aromatic N) is 2. The normalized spacial score (nSPS) is 19.0. The van der Waals surface area contributed by atoms with Gasteiger partial charge in [0.05, 0.1) is 6.61 Å². The number of aliphatic hydroxyl groups excluding tert-OH is 1. The lowest BCUT2D eigenvalue weighted by molar-refractivity contribution is 0.0360.